The average molecular weight is 202 g/mol. The number of allylic oxidation sites excluding steroid dienone is 1. The van der Waals surface area contributed by atoms with Crippen molar-refractivity contribution in [3.8, 4) is 0 Å². The summed E-state index contributed by atoms with van der Waals surface area (Å²) < 4.78 is 0. The highest BCUT2D eigenvalue weighted by molar-refractivity contribution is 8.13. The van der Waals surface area contributed by atoms with Gasteiger partial charge in [-0.15, -0.1) is 12.6 Å². The Morgan fingerprint density at radius 2 is 2.17 bits per heavy atom. The highest BCUT2D eigenvalue weighted by Crippen LogP contribution is 2.15. The monoisotopic (exact) mass is 202 g/mol. The summed E-state index contributed by atoms with van der Waals surface area (Å²) in [5, 5.41) is 1.40. The van der Waals surface area contributed by atoms with E-state index in [1.165, 1.54) is 11.8 Å². The Labute approximate surface area is 83.7 Å². The molecule has 0 aromatic carbocycles. The summed E-state index contributed by atoms with van der Waals surface area (Å²) in [6.07, 6.45) is 2.87. The van der Waals surface area contributed by atoms with Crippen molar-refractivity contribution in [3.05, 3.63) is 10.6 Å². The Balaban J connectivity index is 4.60. The molecular weight excluding hydrogens is 188 g/mol. The van der Waals surface area contributed by atoms with Gasteiger partial charge in [-0.2, -0.15) is 0 Å². The third kappa shape index (κ3) is 3.97. The predicted molar refractivity (Wildman–Crippen MR) is 62.5 cm³/mol. The molecule has 12 heavy (non-hydrogen) atoms. The van der Waals surface area contributed by atoms with Gasteiger partial charge in [-0.1, -0.05) is 18.7 Å². The lowest BCUT2D eigenvalue weighted by Gasteiger charge is -1.99. The van der Waals surface area contributed by atoms with E-state index in [2.05, 4.69) is 36.3 Å². The van der Waals surface area contributed by atoms with Gasteiger partial charge in [-0.25, -0.2) is 9.98 Å². The van der Waals surface area contributed by atoms with Gasteiger partial charge < -0.3 is 0 Å². The molecule has 0 aliphatic heterocycles. The van der Waals surface area contributed by atoms with Gasteiger partial charge in [0.25, 0.3) is 0 Å². The summed E-state index contributed by atoms with van der Waals surface area (Å²) in [6, 6.07) is 0. The van der Waals surface area contributed by atoms with E-state index in [0.29, 0.717) is 5.17 Å². The summed E-state index contributed by atoms with van der Waals surface area (Å²) in [4.78, 5) is 7.92. The summed E-state index contributed by atoms with van der Waals surface area (Å²) in [6.45, 7) is 7.49. The van der Waals surface area contributed by atoms with Crippen LogP contribution in [-0.2, 0) is 0 Å². The largest absolute Gasteiger partial charge is 0.239 e. The minimum Gasteiger partial charge on any atom is -0.239 e. The van der Waals surface area contributed by atoms with Crippen LogP contribution in [-0.4, -0.2) is 18.1 Å². The zero-order valence-corrected chi connectivity index (χ0v) is 9.38. The van der Waals surface area contributed by atoms with Crippen molar-refractivity contribution in [2.24, 2.45) is 9.98 Å². The second-order valence-electron chi connectivity index (χ2n) is 2.21. The van der Waals surface area contributed by atoms with Crippen LogP contribution in [0.1, 0.15) is 20.3 Å². The lowest BCUT2D eigenvalue weighted by molar-refractivity contribution is 1.08. The van der Waals surface area contributed by atoms with Gasteiger partial charge in [0, 0.05) is 0 Å². The van der Waals surface area contributed by atoms with Crippen molar-refractivity contribution in [2.45, 2.75) is 20.3 Å². The summed E-state index contributed by atoms with van der Waals surface area (Å²) in [5.41, 5.74) is 1.16. The molecule has 2 nitrogen and oxygen atoms in total. The molecule has 0 saturated carbocycles. The lowest BCUT2D eigenvalue weighted by atomic mass is 10.3. The van der Waals surface area contributed by atoms with Gasteiger partial charge in [0.1, 0.15) is 0 Å². The van der Waals surface area contributed by atoms with E-state index in [1.807, 2.05) is 13.2 Å². The van der Waals surface area contributed by atoms with E-state index in [4.69, 9.17) is 0 Å². The standard InChI is InChI=1S/C8H14N2S2/c1-5-6(2)7(11)10-8(9-3)12-4/h11H,3,5H2,1-2,4H3/b7-6-,10-8?. The van der Waals surface area contributed by atoms with Crippen molar-refractivity contribution in [3.63, 3.8) is 0 Å². The third-order valence-electron chi connectivity index (χ3n) is 1.43. The Bertz CT molecular complexity index is 219. The van der Waals surface area contributed by atoms with Gasteiger partial charge >= 0.3 is 0 Å². The van der Waals surface area contributed by atoms with Gasteiger partial charge in [0.05, 0.1) is 5.03 Å². The minimum absolute atomic E-state index is 0.660. The highest BCUT2D eigenvalue weighted by atomic mass is 32.2. The van der Waals surface area contributed by atoms with E-state index in [9.17, 15) is 0 Å². The van der Waals surface area contributed by atoms with Gasteiger partial charge in [0.2, 0.25) is 0 Å². The molecule has 0 N–H and O–H groups in total. The molecule has 0 unspecified atom stereocenters. The van der Waals surface area contributed by atoms with Crippen LogP contribution < -0.4 is 0 Å². The molecule has 0 atom stereocenters. The normalized spacial score (nSPS) is 14.2. The average Bonchev–Trinajstić information content (AvgIpc) is 2.12. The second-order valence-corrected chi connectivity index (χ2v) is 3.41. The Kier molecular flexibility index (Phi) is 6.20. The number of hydrogen-bond donors (Lipinski definition) is 1. The quantitative estimate of drug-likeness (QED) is 0.415. The molecule has 0 fully saturated rings. The van der Waals surface area contributed by atoms with Crippen molar-refractivity contribution < 1.29 is 0 Å². The fourth-order valence-electron chi connectivity index (χ4n) is 0.490. The minimum atomic E-state index is 0.660. The van der Waals surface area contributed by atoms with Crippen LogP contribution in [0.3, 0.4) is 0 Å². The van der Waals surface area contributed by atoms with Crippen molar-refractivity contribution in [1.29, 1.82) is 0 Å². The molecule has 0 bridgehead atoms. The third-order valence-corrected chi connectivity index (χ3v) is 2.50. The predicted octanol–water partition coefficient (Wildman–Crippen LogP) is 2.98. The fraction of sp³-hybridized carbons (Fsp3) is 0.500. The van der Waals surface area contributed by atoms with E-state index in [0.717, 1.165) is 17.0 Å². The SMILES string of the molecule is C=NC(=N/C(S)=C(\C)CC)SC. The Morgan fingerprint density at radius 3 is 2.50 bits per heavy atom. The maximum absolute atomic E-state index is 4.24. The van der Waals surface area contributed by atoms with Gasteiger partial charge in [0.15, 0.2) is 5.17 Å². The molecule has 68 valence electrons. The van der Waals surface area contributed by atoms with E-state index in [-0.39, 0.29) is 0 Å². The molecule has 0 radical (unpaired) electrons. The van der Waals surface area contributed by atoms with E-state index >= 15 is 0 Å². The van der Waals surface area contributed by atoms with Crippen molar-refractivity contribution >= 4 is 36.3 Å². The van der Waals surface area contributed by atoms with Crippen LogP contribution in [0.5, 0.6) is 0 Å². The molecule has 0 rings (SSSR count). The molecule has 0 aliphatic carbocycles. The summed E-state index contributed by atoms with van der Waals surface area (Å²) >= 11 is 5.71. The highest BCUT2D eigenvalue weighted by Gasteiger charge is 1.96. The molecule has 0 amide bonds. The van der Waals surface area contributed by atoms with Crippen LogP contribution in [0.25, 0.3) is 0 Å². The molecule has 0 heterocycles. The lowest BCUT2D eigenvalue weighted by Crippen LogP contribution is -1.86. The van der Waals surface area contributed by atoms with Crippen LogP contribution >= 0.6 is 24.4 Å². The molecule has 0 aromatic heterocycles. The van der Waals surface area contributed by atoms with Crippen LogP contribution in [0.2, 0.25) is 0 Å². The molecule has 0 spiro atoms. The smallest absolute Gasteiger partial charge is 0.187 e. The van der Waals surface area contributed by atoms with Crippen LogP contribution in [0, 0.1) is 0 Å². The molecule has 4 heteroatoms. The Morgan fingerprint density at radius 1 is 1.58 bits per heavy atom. The van der Waals surface area contributed by atoms with Gasteiger partial charge in [-0.3, -0.25) is 0 Å². The second kappa shape index (κ2) is 6.31. The van der Waals surface area contributed by atoms with Crippen LogP contribution in [0.15, 0.2) is 20.6 Å². The number of nitrogens with zero attached hydrogens (tertiary/aromatic N) is 2. The molecule has 0 aliphatic rings. The summed E-state index contributed by atoms with van der Waals surface area (Å²) in [5.74, 6) is 0. The molecule has 0 aromatic rings. The van der Waals surface area contributed by atoms with Crippen LogP contribution in [0.4, 0.5) is 0 Å². The maximum Gasteiger partial charge on any atom is 0.187 e. The molecule has 0 saturated heterocycles. The van der Waals surface area contributed by atoms with Crippen molar-refractivity contribution in [1.82, 2.24) is 0 Å². The first kappa shape index (κ1) is 11.8. The summed E-state index contributed by atoms with van der Waals surface area (Å²) in [7, 11) is 0. The fourth-order valence-corrected chi connectivity index (χ4v) is 1.12. The first-order valence-corrected chi connectivity index (χ1v) is 5.31. The van der Waals surface area contributed by atoms with E-state index < -0.39 is 0 Å². The number of aliphatic imine (C=N–C) groups is 2. The first-order chi connectivity index (χ1) is 5.65. The Hall–Kier alpha value is -0.220. The number of rotatable bonds is 2. The zero-order valence-electron chi connectivity index (χ0n) is 7.66. The van der Waals surface area contributed by atoms with E-state index in [1.54, 1.807) is 0 Å². The first-order valence-electron chi connectivity index (χ1n) is 3.63. The number of amidine groups is 1. The number of thiol groups is 1. The zero-order chi connectivity index (χ0) is 9.56. The van der Waals surface area contributed by atoms with Gasteiger partial charge in [-0.05, 0) is 31.9 Å². The number of hydrogen-bond acceptors (Lipinski definition) is 3. The molecular formula is C8H14N2S2. The number of thioether (sulfide) groups is 1. The van der Waals surface area contributed by atoms with Crippen molar-refractivity contribution in [2.75, 3.05) is 6.26 Å². The maximum atomic E-state index is 4.24. The topological polar surface area (TPSA) is 24.7 Å².